The van der Waals surface area contributed by atoms with Crippen LogP contribution >= 0.6 is 0 Å². The fraction of sp³-hybridized carbons (Fsp3) is 0.333. The van der Waals surface area contributed by atoms with Crippen LogP contribution in [0.4, 0.5) is 5.69 Å². The largest absolute Gasteiger partial charge is 0.327 e. The molecule has 1 aliphatic rings. The minimum absolute atomic E-state index is 0.140. The van der Waals surface area contributed by atoms with Crippen LogP contribution in [-0.2, 0) is 10.3 Å². The Bertz CT molecular complexity index is 527. The lowest BCUT2D eigenvalue weighted by Gasteiger charge is -2.05. The zero-order chi connectivity index (χ0) is 12.5. The Morgan fingerprint density at radius 3 is 2.71 bits per heavy atom. The quantitative estimate of drug-likeness (QED) is 0.587. The number of hydrogen-bond acceptors (Lipinski definition) is 4. The van der Waals surface area contributed by atoms with Crippen LogP contribution in [-0.4, -0.2) is 18.3 Å². The lowest BCUT2D eigenvalue weighted by Crippen LogP contribution is -2.07. The Labute approximate surface area is 98.1 Å². The summed E-state index contributed by atoms with van der Waals surface area (Å²) in [4.78, 5) is 27.1. The van der Waals surface area contributed by atoms with E-state index in [2.05, 4.69) is 10.9 Å². The summed E-state index contributed by atoms with van der Waals surface area (Å²) in [5.41, 5.74) is 0.671. The van der Waals surface area contributed by atoms with E-state index in [1.54, 1.807) is 18.2 Å². The van der Waals surface area contributed by atoms with Crippen molar-refractivity contribution in [2.75, 3.05) is 7.11 Å². The maximum atomic E-state index is 11.4. The summed E-state index contributed by atoms with van der Waals surface area (Å²) in [6, 6.07) is 7.05. The third-order valence-electron chi connectivity index (χ3n) is 3.04. The molecule has 0 radical (unpaired) electrons. The highest BCUT2D eigenvalue weighted by Gasteiger charge is 2.46. The number of nitriles is 1. The fourth-order valence-corrected chi connectivity index (χ4v) is 1.79. The van der Waals surface area contributed by atoms with Gasteiger partial charge in [-0.15, -0.1) is 0 Å². The smallest absolute Gasteiger partial charge is 0.298 e. The third kappa shape index (κ3) is 1.78. The van der Waals surface area contributed by atoms with Crippen molar-refractivity contribution in [1.82, 2.24) is 0 Å². The molecule has 0 N–H and O–H groups in total. The van der Waals surface area contributed by atoms with E-state index < -0.39 is 5.41 Å². The number of aldehydes is 1. The first-order valence-corrected chi connectivity index (χ1v) is 5.19. The molecule has 0 saturated heterocycles. The normalized spacial score (nSPS) is 15.8. The highest BCUT2D eigenvalue weighted by atomic mass is 16.8. The molecule has 0 heterocycles. The lowest BCUT2D eigenvalue weighted by molar-refractivity contribution is -0.736. The molecule has 0 aliphatic heterocycles. The topological polar surface area (TPSA) is 70.2 Å². The van der Waals surface area contributed by atoms with Gasteiger partial charge >= 0.3 is 5.69 Å². The second-order valence-electron chi connectivity index (χ2n) is 4.03. The van der Waals surface area contributed by atoms with Crippen LogP contribution in [0.3, 0.4) is 0 Å². The van der Waals surface area contributed by atoms with Crippen molar-refractivity contribution in [1.29, 1.82) is 5.26 Å². The minimum atomic E-state index is -0.481. The molecule has 0 atom stereocenters. The van der Waals surface area contributed by atoms with E-state index in [1.165, 1.54) is 7.11 Å². The molecule has 0 spiro atoms. The molecule has 86 valence electrons. The fourth-order valence-electron chi connectivity index (χ4n) is 1.79. The van der Waals surface area contributed by atoms with Crippen LogP contribution in [0.15, 0.2) is 18.2 Å². The van der Waals surface area contributed by atoms with E-state index >= 15 is 0 Å². The van der Waals surface area contributed by atoms with E-state index in [0.717, 1.165) is 18.4 Å². The predicted octanol–water partition coefficient (Wildman–Crippen LogP) is 2.03. The summed E-state index contributed by atoms with van der Waals surface area (Å²) < 4.78 is 0. The van der Waals surface area contributed by atoms with Crippen molar-refractivity contribution in [2.24, 2.45) is 0 Å². The van der Waals surface area contributed by atoms with E-state index in [1.807, 2.05) is 0 Å². The summed E-state index contributed by atoms with van der Waals surface area (Å²) in [6.07, 6.45) is 2.17. The van der Waals surface area contributed by atoms with Crippen molar-refractivity contribution < 1.29 is 14.6 Å². The Morgan fingerprint density at radius 2 is 2.24 bits per heavy atom. The third-order valence-corrected chi connectivity index (χ3v) is 3.04. The van der Waals surface area contributed by atoms with Crippen molar-refractivity contribution in [2.45, 2.75) is 18.3 Å². The molecule has 2 rings (SSSR count). The molecule has 1 aliphatic carbocycles. The second kappa shape index (κ2) is 3.98. The number of rotatable bonds is 4. The maximum Gasteiger partial charge on any atom is 0.327 e. The molecule has 1 fully saturated rings. The lowest BCUT2D eigenvalue weighted by atomic mass is 9.96. The standard InChI is InChI=1S/C12H11N2O3/c1-17-14(16)11-6-10(3-2-9(11)7-15)12(8-13)4-5-12/h2-3,6-7H,4-5H2,1H3/q+1. The van der Waals surface area contributed by atoms with E-state index in [0.29, 0.717) is 6.29 Å². The first kappa shape index (κ1) is 11.3. The van der Waals surface area contributed by atoms with Gasteiger partial charge in [-0.25, -0.2) is 4.84 Å². The van der Waals surface area contributed by atoms with Crippen molar-refractivity contribution in [3.63, 3.8) is 0 Å². The monoisotopic (exact) mass is 231 g/mol. The summed E-state index contributed by atoms with van der Waals surface area (Å²) in [5.74, 6) is 0. The molecule has 1 saturated carbocycles. The van der Waals surface area contributed by atoms with Gasteiger partial charge in [0.1, 0.15) is 0 Å². The van der Waals surface area contributed by atoms with Crippen LogP contribution in [0.5, 0.6) is 0 Å². The van der Waals surface area contributed by atoms with Gasteiger partial charge in [-0.3, -0.25) is 4.79 Å². The SMILES string of the molecule is CO[N+](=O)c1cc(C2(C#N)CC2)ccc1C=O. The predicted molar refractivity (Wildman–Crippen MR) is 58.7 cm³/mol. The Hall–Kier alpha value is -2.22. The molecule has 0 unspecified atom stereocenters. The van der Waals surface area contributed by atoms with Gasteiger partial charge in [0.25, 0.3) is 4.92 Å². The number of hydrogen-bond donors (Lipinski definition) is 0. The average Bonchev–Trinajstić information content (AvgIpc) is 3.18. The Balaban J connectivity index is 2.50. The van der Waals surface area contributed by atoms with Gasteiger partial charge < -0.3 is 0 Å². The summed E-state index contributed by atoms with van der Waals surface area (Å²) in [7, 11) is 1.23. The summed E-state index contributed by atoms with van der Waals surface area (Å²) in [5, 5.41) is 9.08. The van der Waals surface area contributed by atoms with Crippen LogP contribution in [0.2, 0.25) is 0 Å². The molecule has 1 aromatic rings. The molecule has 17 heavy (non-hydrogen) atoms. The number of carbonyl (C=O) groups is 1. The number of benzene rings is 1. The zero-order valence-corrected chi connectivity index (χ0v) is 9.34. The first-order valence-electron chi connectivity index (χ1n) is 5.19. The van der Waals surface area contributed by atoms with Crippen LogP contribution in [0, 0.1) is 16.2 Å². The van der Waals surface area contributed by atoms with Crippen LogP contribution in [0.25, 0.3) is 0 Å². The first-order chi connectivity index (χ1) is 8.16. The van der Waals surface area contributed by atoms with Gasteiger partial charge in [0.05, 0.1) is 22.0 Å². The van der Waals surface area contributed by atoms with Gasteiger partial charge in [-0.05, 0) is 24.5 Å². The van der Waals surface area contributed by atoms with Crippen LogP contribution in [0.1, 0.15) is 28.8 Å². The molecular weight excluding hydrogens is 220 g/mol. The van der Waals surface area contributed by atoms with Crippen LogP contribution < -0.4 is 0 Å². The molecular formula is C12H11N2O3+. The molecule has 5 nitrogen and oxygen atoms in total. The maximum absolute atomic E-state index is 11.4. The second-order valence-corrected chi connectivity index (χ2v) is 4.03. The zero-order valence-electron chi connectivity index (χ0n) is 9.34. The van der Waals surface area contributed by atoms with Crippen molar-refractivity contribution in [3.8, 4) is 6.07 Å². The summed E-state index contributed by atoms with van der Waals surface area (Å²) >= 11 is 0. The van der Waals surface area contributed by atoms with Gasteiger partial charge in [0.15, 0.2) is 13.4 Å². The molecule has 0 amide bonds. The van der Waals surface area contributed by atoms with E-state index in [4.69, 9.17) is 5.26 Å². The molecule has 5 heteroatoms. The van der Waals surface area contributed by atoms with E-state index in [9.17, 15) is 9.70 Å². The number of carbonyl (C=O) groups excluding carboxylic acids is 1. The summed E-state index contributed by atoms with van der Waals surface area (Å²) in [6.45, 7) is 0. The van der Waals surface area contributed by atoms with Gasteiger partial charge in [-0.1, -0.05) is 6.07 Å². The molecule has 0 bridgehead atoms. The highest BCUT2D eigenvalue weighted by molar-refractivity contribution is 5.81. The highest BCUT2D eigenvalue weighted by Crippen LogP contribution is 2.48. The van der Waals surface area contributed by atoms with Gasteiger partial charge in [0.2, 0.25) is 0 Å². The Kier molecular flexibility index (Phi) is 2.64. The molecule has 1 aromatic carbocycles. The van der Waals surface area contributed by atoms with Gasteiger partial charge in [0, 0.05) is 6.07 Å². The molecule has 0 aromatic heterocycles. The van der Waals surface area contributed by atoms with E-state index in [-0.39, 0.29) is 16.2 Å². The minimum Gasteiger partial charge on any atom is -0.298 e. The average molecular weight is 231 g/mol. The van der Waals surface area contributed by atoms with Crippen molar-refractivity contribution in [3.05, 3.63) is 34.2 Å². The van der Waals surface area contributed by atoms with Gasteiger partial charge in [-0.2, -0.15) is 5.26 Å². The Morgan fingerprint density at radius 1 is 1.53 bits per heavy atom. The number of nitrogens with zero attached hydrogens (tertiary/aromatic N) is 2. The van der Waals surface area contributed by atoms with Crippen molar-refractivity contribution >= 4 is 12.0 Å².